The summed E-state index contributed by atoms with van der Waals surface area (Å²) in [6.07, 6.45) is 5.80. The third kappa shape index (κ3) is 3.06. The quantitative estimate of drug-likeness (QED) is 0.854. The van der Waals surface area contributed by atoms with Gasteiger partial charge < -0.3 is 10.0 Å². The molecule has 94 valence electrons. The summed E-state index contributed by atoms with van der Waals surface area (Å²) in [6, 6.07) is 0.431. The maximum Gasteiger partial charge on any atom is 0.307 e. The lowest BCUT2D eigenvalue weighted by atomic mass is 10.1. The summed E-state index contributed by atoms with van der Waals surface area (Å²) in [6.45, 7) is 5.50. The van der Waals surface area contributed by atoms with Crippen LogP contribution in [0.2, 0.25) is 0 Å². The Labute approximate surface area is 101 Å². The van der Waals surface area contributed by atoms with E-state index >= 15 is 0 Å². The van der Waals surface area contributed by atoms with Crippen LogP contribution >= 0.6 is 0 Å². The monoisotopic (exact) mass is 237 g/mol. The first-order chi connectivity index (χ1) is 8.19. The first-order valence-electron chi connectivity index (χ1n) is 6.16. The first-order valence-corrected chi connectivity index (χ1v) is 6.16. The van der Waals surface area contributed by atoms with Crippen molar-refractivity contribution in [1.29, 1.82) is 0 Å². The molecule has 1 N–H and O–H groups in total. The van der Waals surface area contributed by atoms with Gasteiger partial charge in [-0.3, -0.25) is 9.48 Å². The molecule has 5 nitrogen and oxygen atoms in total. The Bertz CT molecular complexity index is 381. The number of hydrogen-bond acceptors (Lipinski definition) is 3. The summed E-state index contributed by atoms with van der Waals surface area (Å²) < 4.78 is 1.94. The van der Waals surface area contributed by atoms with Crippen LogP contribution in [-0.2, 0) is 11.2 Å². The van der Waals surface area contributed by atoms with E-state index in [0.717, 1.165) is 38.0 Å². The van der Waals surface area contributed by atoms with Crippen molar-refractivity contribution in [2.75, 3.05) is 19.6 Å². The minimum Gasteiger partial charge on any atom is -0.481 e. The summed E-state index contributed by atoms with van der Waals surface area (Å²) in [7, 11) is 0. The molecule has 2 heterocycles. The zero-order valence-electron chi connectivity index (χ0n) is 10.2. The lowest BCUT2D eigenvalue weighted by molar-refractivity contribution is -0.136. The fraction of sp³-hybridized carbons (Fsp3) is 0.667. The summed E-state index contributed by atoms with van der Waals surface area (Å²) in [5, 5.41) is 13.0. The molecule has 0 bridgehead atoms. The van der Waals surface area contributed by atoms with E-state index in [-0.39, 0.29) is 6.42 Å². The van der Waals surface area contributed by atoms with Crippen molar-refractivity contribution in [3.63, 3.8) is 0 Å². The molecule has 17 heavy (non-hydrogen) atoms. The van der Waals surface area contributed by atoms with Gasteiger partial charge in [0.1, 0.15) is 0 Å². The molecule has 5 heteroatoms. The van der Waals surface area contributed by atoms with Gasteiger partial charge in [0.25, 0.3) is 0 Å². The smallest absolute Gasteiger partial charge is 0.307 e. The molecule has 0 saturated carbocycles. The Morgan fingerprint density at radius 1 is 1.53 bits per heavy atom. The number of carbonyl (C=O) groups is 1. The number of carboxylic acid groups (broad SMARTS) is 1. The van der Waals surface area contributed by atoms with Crippen LogP contribution < -0.4 is 0 Å². The molecule has 2 rings (SSSR count). The molecule has 0 amide bonds. The minimum absolute atomic E-state index is 0.0633. The molecule has 0 aliphatic carbocycles. The molecule has 0 aromatic carbocycles. The topological polar surface area (TPSA) is 58.4 Å². The van der Waals surface area contributed by atoms with Crippen molar-refractivity contribution < 1.29 is 9.90 Å². The van der Waals surface area contributed by atoms with Gasteiger partial charge in [-0.2, -0.15) is 5.10 Å². The third-order valence-corrected chi connectivity index (χ3v) is 3.39. The molecule has 0 unspecified atom stereocenters. The van der Waals surface area contributed by atoms with Crippen molar-refractivity contribution in [2.24, 2.45) is 0 Å². The second-order valence-electron chi connectivity index (χ2n) is 4.56. The average Bonchev–Trinajstić information content (AvgIpc) is 2.77. The summed E-state index contributed by atoms with van der Waals surface area (Å²) in [4.78, 5) is 13.0. The Balaban J connectivity index is 1.94. The van der Waals surface area contributed by atoms with Crippen molar-refractivity contribution >= 4 is 5.97 Å². The lowest BCUT2D eigenvalue weighted by Crippen LogP contribution is -2.34. The second kappa shape index (κ2) is 5.31. The predicted octanol–water partition coefficient (Wildman–Crippen LogP) is 1.17. The molecule has 1 fully saturated rings. The summed E-state index contributed by atoms with van der Waals surface area (Å²) in [5.74, 6) is -0.801. The van der Waals surface area contributed by atoms with E-state index < -0.39 is 5.97 Å². The molecule has 0 atom stereocenters. The van der Waals surface area contributed by atoms with Crippen LogP contribution in [0.25, 0.3) is 0 Å². The molecule has 1 aromatic rings. The van der Waals surface area contributed by atoms with Crippen LogP contribution in [0.3, 0.4) is 0 Å². The normalized spacial score (nSPS) is 18.4. The molecule has 1 saturated heterocycles. The van der Waals surface area contributed by atoms with E-state index in [2.05, 4.69) is 16.9 Å². The van der Waals surface area contributed by atoms with Crippen LogP contribution in [0.4, 0.5) is 0 Å². The predicted molar refractivity (Wildman–Crippen MR) is 64.0 cm³/mol. The fourth-order valence-electron chi connectivity index (χ4n) is 2.34. The van der Waals surface area contributed by atoms with Gasteiger partial charge in [0, 0.05) is 24.8 Å². The highest BCUT2D eigenvalue weighted by Crippen LogP contribution is 2.21. The Morgan fingerprint density at radius 3 is 2.82 bits per heavy atom. The fourth-order valence-corrected chi connectivity index (χ4v) is 2.34. The number of nitrogens with zero attached hydrogens (tertiary/aromatic N) is 3. The standard InChI is InChI=1S/C12H19N3O2/c1-2-14-5-3-11(4-6-14)15-9-10(8-13-15)7-12(16)17/h8-9,11H,2-7H2,1H3,(H,16,17). The van der Waals surface area contributed by atoms with Gasteiger partial charge >= 0.3 is 5.97 Å². The highest BCUT2D eigenvalue weighted by Gasteiger charge is 2.20. The molecular weight excluding hydrogens is 218 g/mol. The van der Waals surface area contributed by atoms with E-state index in [1.165, 1.54) is 0 Å². The van der Waals surface area contributed by atoms with E-state index in [0.29, 0.717) is 6.04 Å². The number of rotatable bonds is 4. The van der Waals surface area contributed by atoms with E-state index in [1.54, 1.807) is 6.20 Å². The SMILES string of the molecule is CCN1CCC(n2cc(CC(=O)O)cn2)CC1. The Morgan fingerprint density at radius 2 is 2.24 bits per heavy atom. The van der Waals surface area contributed by atoms with Crippen molar-refractivity contribution in [3.05, 3.63) is 18.0 Å². The van der Waals surface area contributed by atoms with E-state index in [4.69, 9.17) is 5.11 Å². The van der Waals surface area contributed by atoms with E-state index in [1.807, 2.05) is 10.9 Å². The van der Waals surface area contributed by atoms with Gasteiger partial charge in [-0.05, 0) is 19.4 Å². The summed E-state index contributed by atoms with van der Waals surface area (Å²) >= 11 is 0. The number of aliphatic carboxylic acids is 1. The highest BCUT2D eigenvalue weighted by molar-refractivity contribution is 5.69. The van der Waals surface area contributed by atoms with Gasteiger partial charge in [-0.15, -0.1) is 0 Å². The Kier molecular flexibility index (Phi) is 3.78. The number of aromatic nitrogens is 2. The Hall–Kier alpha value is -1.36. The molecular formula is C12H19N3O2. The molecule has 1 aliphatic heterocycles. The summed E-state index contributed by atoms with van der Waals surface area (Å²) in [5.41, 5.74) is 0.787. The van der Waals surface area contributed by atoms with E-state index in [9.17, 15) is 4.79 Å². The van der Waals surface area contributed by atoms with Crippen molar-refractivity contribution in [3.8, 4) is 0 Å². The van der Waals surface area contributed by atoms with Crippen LogP contribution in [0.15, 0.2) is 12.4 Å². The van der Waals surface area contributed by atoms with Gasteiger partial charge in [-0.1, -0.05) is 6.92 Å². The van der Waals surface area contributed by atoms with Gasteiger partial charge in [0.05, 0.1) is 18.7 Å². The maximum atomic E-state index is 10.6. The van der Waals surface area contributed by atoms with Crippen LogP contribution in [0.5, 0.6) is 0 Å². The zero-order valence-corrected chi connectivity index (χ0v) is 10.2. The molecule has 0 spiro atoms. The van der Waals surface area contributed by atoms with Gasteiger partial charge in [-0.25, -0.2) is 0 Å². The average molecular weight is 237 g/mol. The third-order valence-electron chi connectivity index (χ3n) is 3.39. The number of piperidine rings is 1. The second-order valence-corrected chi connectivity index (χ2v) is 4.56. The van der Waals surface area contributed by atoms with Crippen LogP contribution in [0, 0.1) is 0 Å². The van der Waals surface area contributed by atoms with Gasteiger partial charge in [0.2, 0.25) is 0 Å². The highest BCUT2D eigenvalue weighted by atomic mass is 16.4. The lowest BCUT2D eigenvalue weighted by Gasteiger charge is -2.31. The maximum absolute atomic E-state index is 10.6. The first kappa shape index (κ1) is 12.1. The number of likely N-dealkylation sites (tertiary alicyclic amines) is 1. The van der Waals surface area contributed by atoms with Crippen molar-refractivity contribution in [1.82, 2.24) is 14.7 Å². The molecule has 1 aliphatic rings. The van der Waals surface area contributed by atoms with Gasteiger partial charge in [0.15, 0.2) is 0 Å². The zero-order chi connectivity index (χ0) is 12.3. The molecule has 0 radical (unpaired) electrons. The van der Waals surface area contributed by atoms with Crippen LogP contribution in [-0.4, -0.2) is 45.4 Å². The number of hydrogen-bond donors (Lipinski definition) is 1. The van der Waals surface area contributed by atoms with Crippen molar-refractivity contribution in [2.45, 2.75) is 32.2 Å². The molecule has 1 aromatic heterocycles. The largest absolute Gasteiger partial charge is 0.481 e. The van der Waals surface area contributed by atoms with Crippen LogP contribution in [0.1, 0.15) is 31.4 Å². The number of carboxylic acids is 1. The minimum atomic E-state index is -0.801.